The van der Waals surface area contributed by atoms with E-state index < -0.39 is 0 Å². The predicted octanol–water partition coefficient (Wildman–Crippen LogP) is 4.42. The first-order chi connectivity index (χ1) is 11.5. The van der Waals surface area contributed by atoms with Crippen molar-refractivity contribution in [1.82, 2.24) is 0 Å². The average Bonchev–Trinajstić information content (AvgIpc) is 2.54. The minimum absolute atomic E-state index is 0.0996. The van der Waals surface area contributed by atoms with Crippen molar-refractivity contribution < 1.29 is 19.7 Å². The predicted molar refractivity (Wildman–Crippen MR) is 94.5 cm³/mol. The molecule has 2 rings (SSSR count). The molecule has 0 aliphatic heterocycles. The Kier molecular flexibility index (Phi) is 6.01. The van der Waals surface area contributed by atoms with Crippen LogP contribution in [-0.4, -0.2) is 22.6 Å². The molecule has 0 spiro atoms. The van der Waals surface area contributed by atoms with Gasteiger partial charge in [-0.2, -0.15) is 0 Å². The molecule has 0 heterocycles. The van der Waals surface area contributed by atoms with E-state index >= 15 is 0 Å². The van der Waals surface area contributed by atoms with Gasteiger partial charge in [0.05, 0.1) is 6.61 Å². The molecule has 0 saturated heterocycles. The maximum atomic E-state index is 12.4. The third kappa shape index (κ3) is 4.88. The van der Waals surface area contributed by atoms with E-state index in [4.69, 9.17) is 4.74 Å². The SMILES string of the molecule is CC(C)CCOc1cccc(O)c1C(=O)C=Cc1ccc(O)cc1. The number of aromatic hydroxyl groups is 2. The summed E-state index contributed by atoms with van der Waals surface area (Å²) in [7, 11) is 0. The molecule has 0 fully saturated rings. The van der Waals surface area contributed by atoms with E-state index in [0.717, 1.165) is 12.0 Å². The van der Waals surface area contributed by atoms with E-state index in [0.29, 0.717) is 18.3 Å². The van der Waals surface area contributed by atoms with E-state index in [1.165, 1.54) is 12.1 Å². The van der Waals surface area contributed by atoms with Crippen molar-refractivity contribution in [3.63, 3.8) is 0 Å². The molecule has 126 valence electrons. The molecule has 2 N–H and O–H groups in total. The molecule has 0 unspecified atom stereocenters. The number of phenols is 2. The second kappa shape index (κ2) is 8.20. The van der Waals surface area contributed by atoms with Crippen molar-refractivity contribution in [3.8, 4) is 17.2 Å². The molecule has 0 amide bonds. The van der Waals surface area contributed by atoms with Crippen LogP contribution in [0, 0.1) is 5.92 Å². The van der Waals surface area contributed by atoms with Crippen molar-refractivity contribution in [2.45, 2.75) is 20.3 Å². The van der Waals surface area contributed by atoms with Gasteiger partial charge >= 0.3 is 0 Å². The van der Waals surface area contributed by atoms with Crippen LogP contribution in [0.3, 0.4) is 0 Å². The molecule has 0 aliphatic rings. The summed E-state index contributed by atoms with van der Waals surface area (Å²) < 4.78 is 5.67. The molecule has 0 bridgehead atoms. The number of carbonyl (C=O) groups is 1. The van der Waals surface area contributed by atoms with E-state index in [2.05, 4.69) is 13.8 Å². The number of benzene rings is 2. The fraction of sp³-hybridized carbons (Fsp3) is 0.250. The lowest BCUT2D eigenvalue weighted by Gasteiger charge is -2.12. The van der Waals surface area contributed by atoms with Gasteiger partial charge in [0.15, 0.2) is 5.78 Å². The Hall–Kier alpha value is -2.75. The van der Waals surface area contributed by atoms with Crippen LogP contribution in [0.4, 0.5) is 0 Å². The van der Waals surface area contributed by atoms with Crippen molar-refractivity contribution in [2.75, 3.05) is 6.61 Å². The van der Waals surface area contributed by atoms with Gasteiger partial charge in [-0.15, -0.1) is 0 Å². The Labute approximate surface area is 142 Å². The number of allylic oxidation sites excluding steroid dienone is 1. The smallest absolute Gasteiger partial charge is 0.193 e. The second-order valence-electron chi connectivity index (χ2n) is 5.97. The highest BCUT2D eigenvalue weighted by molar-refractivity contribution is 6.10. The highest BCUT2D eigenvalue weighted by atomic mass is 16.5. The van der Waals surface area contributed by atoms with Crippen LogP contribution in [0.25, 0.3) is 6.08 Å². The third-order valence-corrected chi connectivity index (χ3v) is 3.52. The van der Waals surface area contributed by atoms with Crippen LogP contribution in [-0.2, 0) is 0 Å². The standard InChI is InChI=1S/C20H22O4/c1-14(2)12-13-24-19-5-3-4-17(22)20(19)18(23)11-8-15-6-9-16(21)10-7-15/h3-11,14,21-22H,12-13H2,1-2H3. The number of ketones is 1. The number of rotatable bonds is 7. The van der Waals surface area contributed by atoms with Gasteiger partial charge in [-0.3, -0.25) is 4.79 Å². The summed E-state index contributed by atoms with van der Waals surface area (Å²) in [4.78, 5) is 12.4. The Bertz CT molecular complexity index is 715. The Morgan fingerprint density at radius 3 is 2.50 bits per heavy atom. The number of ether oxygens (including phenoxy) is 1. The van der Waals surface area contributed by atoms with Crippen molar-refractivity contribution in [2.24, 2.45) is 5.92 Å². The van der Waals surface area contributed by atoms with Gasteiger partial charge < -0.3 is 14.9 Å². The molecule has 0 saturated carbocycles. The molecule has 2 aromatic rings. The summed E-state index contributed by atoms with van der Waals surface area (Å²) in [5.74, 6) is 0.616. The maximum Gasteiger partial charge on any atom is 0.193 e. The number of carbonyl (C=O) groups excluding carboxylic acids is 1. The second-order valence-corrected chi connectivity index (χ2v) is 5.97. The summed E-state index contributed by atoms with van der Waals surface area (Å²) in [5.41, 5.74) is 0.940. The molecule has 4 heteroatoms. The van der Waals surface area contributed by atoms with Crippen LogP contribution < -0.4 is 4.74 Å². The first-order valence-corrected chi connectivity index (χ1v) is 7.93. The quantitative estimate of drug-likeness (QED) is 0.584. The lowest BCUT2D eigenvalue weighted by atomic mass is 10.1. The molecule has 0 aliphatic carbocycles. The normalized spacial score (nSPS) is 11.1. The fourth-order valence-corrected chi connectivity index (χ4v) is 2.13. The van der Waals surface area contributed by atoms with Gasteiger partial charge in [0, 0.05) is 0 Å². The molecule has 0 atom stereocenters. The van der Waals surface area contributed by atoms with E-state index in [1.54, 1.807) is 42.5 Å². The highest BCUT2D eigenvalue weighted by Crippen LogP contribution is 2.29. The molecule has 0 aromatic heterocycles. The number of phenolic OH excluding ortho intramolecular Hbond substituents is 2. The molecule has 2 aromatic carbocycles. The zero-order valence-electron chi connectivity index (χ0n) is 13.9. The third-order valence-electron chi connectivity index (χ3n) is 3.52. The van der Waals surface area contributed by atoms with Gasteiger partial charge in [-0.25, -0.2) is 0 Å². The van der Waals surface area contributed by atoms with Gasteiger partial charge in [0.25, 0.3) is 0 Å². The lowest BCUT2D eigenvalue weighted by Crippen LogP contribution is -2.06. The molecule has 24 heavy (non-hydrogen) atoms. The molecular formula is C20H22O4. The van der Waals surface area contributed by atoms with Crippen molar-refractivity contribution in [1.29, 1.82) is 0 Å². The van der Waals surface area contributed by atoms with Gasteiger partial charge in [0.2, 0.25) is 0 Å². The topological polar surface area (TPSA) is 66.8 Å². The van der Waals surface area contributed by atoms with Gasteiger partial charge in [-0.1, -0.05) is 38.1 Å². The Balaban J connectivity index is 2.17. The zero-order valence-corrected chi connectivity index (χ0v) is 13.9. The fourth-order valence-electron chi connectivity index (χ4n) is 2.13. The number of hydrogen-bond donors (Lipinski definition) is 2. The zero-order chi connectivity index (χ0) is 17.5. The summed E-state index contributed by atoms with van der Waals surface area (Å²) in [5, 5.41) is 19.3. The Morgan fingerprint density at radius 1 is 1.12 bits per heavy atom. The van der Waals surface area contributed by atoms with Crippen molar-refractivity contribution >= 4 is 11.9 Å². The van der Waals surface area contributed by atoms with Crippen LogP contribution in [0.15, 0.2) is 48.5 Å². The number of hydrogen-bond acceptors (Lipinski definition) is 4. The lowest BCUT2D eigenvalue weighted by molar-refractivity contribution is 0.104. The summed E-state index contributed by atoms with van der Waals surface area (Å²) >= 11 is 0. The molecule has 4 nitrogen and oxygen atoms in total. The summed E-state index contributed by atoms with van der Waals surface area (Å²) in [6.07, 6.45) is 3.88. The van der Waals surface area contributed by atoms with Crippen LogP contribution in [0.5, 0.6) is 17.2 Å². The minimum atomic E-state index is -0.333. The van der Waals surface area contributed by atoms with Gasteiger partial charge in [0.1, 0.15) is 22.8 Å². The maximum absolute atomic E-state index is 12.4. The highest BCUT2D eigenvalue weighted by Gasteiger charge is 2.15. The largest absolute Gasteiger partial charge is 0.508 e. The summed E-state index contributed by atoms with van der Waals surface area (Å²) in [6, 6.07) is 11.3. The minimum Gasteiger partial charge on any atom is -0.508 e. The summed E-state index contributed by atoms with van der Waals surface area (Å²) in [6.45, 7) is 4.68. The first kappa shape index (κ1) is 17.6. The Morgan fingerprint density at radius 2 is 1.83 bits per heavy atom. The monoisotopic (exact) mass is 326 g/mol. The molecular weight excluding hydrogens is 304 g/mol. The van der Waals surface area contributed by atoms with Crippen LogP contribution in [0.1, 0.15) is 36.2 Å². The van der Waals surface area contributed by atoms with Crippen molar-refractivity contribution in [3.05, 3.63) is 59.7 Å². The van der Waals surface area contributed by atoms with E-state index in [1.807, 2.05) is 0 Å². The average molecular weight is 326 g/mol. The molecule has 0 radical (unpaired) electrons. The van der Waals surface area contributed by atoms with Crippen LogP contribution in [0.2, 0.25) is 0 Å². The van der Waals surface area contributed by atoms with Gasteiger partial charge in [-0.05, 0) is 48.2 Å². The van der Waals surface area contributed by atoms with Crippen LogP contribution >= 0.6 is 0 Å². The van der Waals surface area contributed by atoms with E-state index in [-0.39, 0.29) is 22.8 Å². The first-order valence-electron chi connectivity index (χ1n) is 7.93. The van der Waals surface area contributed by atoms with E-state index in [9.17, 15) is 15.0 Å².